The number of hydrazine groups is 1. The summed E-state index contributed by atoms with van der Waals surface area (Å²) in [5.74, 6) is 0.782. The molecule has 3 aromatic carbocycles. The molecule has 1 atom stereocenters. The highest BCUT2D eigenvalue weighted by molar-refractivity contribution is 7.93. The summed E-state index contributed by atoms with van der Waals surface area (Å²) in [5, 5.41) is 14.6. The minimum absolute atomic E-state index is 0.0137. The van der Waals surface area contributed by atoms with E-state index in [4.69, 9.17) is 18.9 Å². The first-order chi connectivity index (χ1) is 25.0. The monoisotopic (exact) mass is 731 g/mol. The number of fused-ring (bicyclic) bond motifs is 1. The normalized spacial score (nSPS) is 20.1. The molecule has 3 aromatic rings. The van der Waals surface area contributed by atoms with Crippen molar-refractivity contribution in [2.45, 2.75) is 44.1 Å². The van der Waals surface area contributed by atoms with Gasteiger partial charge in [-0.3, -0.25) is 4.79 Å². The van der Waals surface area contributed by atoms with Crippen molar-refractivity contribution in [2.75, 3.05) is 64.4 Å². The predicted octanol–water partition coefficient (Wildman–Crippen LogP) is 4.99. The fraction of sp³-hybridized carbons (Fsp3) is 0.447. The molecule has 3 heterocycles. The van der Waals surface area contributed by atoms with Crippen LogP contribution in [0.2, 0.25) is 0 Å². The fourth-order valence-electron chi connectivity index (χ4n) is 7.40. The molecular formula is C38H45N5O8S. The molecule has 6 rings (SSSR count). The first-order valence-corrected chi connectivity index (χ1v) is 19.0. The van der Waals surface area contributed by atoms with Gasteiger partial charge >= 0.3 is 6.09 Å². The summed E-state index contributed by atoms with van der Waals surface area (Å²) in [4.78, 5) is 30.7. The number of nitriles is 1. The van der Waals surface area contributed by atoms with E-state index in [2.05, 4.69) is 29.9 Å². The van der Waals surface area contributed by atoms with Crippen molar-refractivity contribution < 1.29 is 37.0 Å². The predicted molar refractivity (Wildman–Crippen MR) is 193 cm³/mol. The number of piperidine rings is 1. The summed E-state index contributed by atoms with van der Waals surface area (Å²) in [5.41, 5.74) is -2.14. The van der Waals surface area contributed by atoms with Crippen molar-refractivity contribution in [1.82, 2.24) is 14.9 Å². The van der Waals surface area contributed by atoms with Gasteiger partial charge < -0.3 is 23.8 Å². The van der Waals surface area contributed by atoms with Gasteiger partial charge in [0.15, 0.2) is 0 Å². The number of para-hydroxylation sites is 1. The second kappa shape index (κ2) is 15.0. The zero-order chi connectivity index (χ0) is 37.2. The van der Waals surface area contributed by atoms with E-state index in [1.807, 2.05) is 0 Å². The van der Waals surface area contributed by atoms with Crippen LogP contribution in [-0.2, 0) is 25.2 Å². The number of piperazine rings is 1. The van der Waals surface area contributed by atoms with Gasteiger partial charge in [0, 0.05) is 50.9 Å². The summed E-state index contributed by atoms with van der Waals surface area (Å²) in [6, 6.07) is 16.9. The van der Waals surface area contributed by atoms with Gasteiger partial charge in [-0.05, 0) is 68.0 Å². The molecule has 2 saturated heterocycles. The first kappa shape index (κ1) is 36.9. The van der Waals surface area contributed by atoms with Gasteiger partial charge in [0.2, 0.25) is 5.60 Å². The van der Waals surface area contributed by atoms with E-state index in [0.29, 0.717) is 48.1 Å². The van der Waals surface area contributed by atoms with Gasteiger partial charge in [-0.2, -0.15) is 9.57 Å². The third-order valence-corrected chi connectivity index (χ3v) is 12.0. The molecule has 0 aromatic heterocycles. The van der Waals surface area contributed by atoms with Crippen LogP contribution in [0.15, 0.2) is 65.6 Å². The van der Waals surface area contributed by atoms with Crippen LogP contribution in [0.25, 0.3) is 0 Å². The van der Waals surface area contributed by atoms with E-state index in [1.165, 1.54) is 55.5 Å². The lowest BCUT2D eigenvalue weighted by Gasteiger charge is -2.44. The van der Waals surface area contributed by atoms with Gasteiger partial charge in [0.1, 0.15) is 22.1 Å². The molecule has 1 unspecified atom stereocenters. The summed E-state index contributed by atoms with van der Waals surface area (Å²) in [7, 11) is -1.98. The zero-order valence-electron chi connectivity index (χ0n) is 30.2. The molecule has 52 heavy (non-hydrogen) atoms. The lowest BCUT2D eigenvalue weighted by molar-refractivity contribution is -0.133. The molecule has 2 amide bonds. The summed E-state index contributed by atoms with van der Waals surface area (Å²) >= 11 is 0. The molecule has 2 fully saturated rings. The van der Waals surface area contributed by atoms with Crippen molar-refractivity contribution in [3.63, 3.8) is 0 Å². The average Bonchev–Trinajstić information content (AvgIpc) is 3.42. The Morgan fingerprint density at radius 2 is 1.60 bits per heavy atom. The van der Waals surface area contributed by atoms with E-state index < -0.39 is 27.6 Å². The Kier molecular flexibility index (Phi) is 10.7. The van der Waals surface area contributed by atoms with E-state index in [0.717, 1.165) is 25.9 Å². The molecule has 0 radical (unpaired) electrons. The Balaban J connectivity index is 1.41. The van der Waals surface area contributed by atoms with E-state index in [-0.39, 0.29) is 45.4 Å². The van der Waals surface area contributed by atoms with Crippen molar-refractivity contribution in [2.24, 2.45) is 11.8 Å². The quantitative estimate of drug-likeness (QED) is 0.279. The number of carbonyl (C=O) groups is 2. The standard InChI is InChI=1S/C38H45N5O8S/c1-6-50-33-10-8-7-9-30(33)38(51-37(45)40-19-21-42(22-20-40)41-17-15-28(16-18-41)26(2)3)31-23-27(25-39)11-13-32(31)43(36(38)44)52(46,47)35-14-12-29(48-4)24-34(35)49-5/h7-14,23-24,26,28H,6,15-22H2,1-5H3. The summed E-state index contributed by atoms with van der Waals surface area (Å²) < 4.78 is 52.9. The number of ether oxygens (including phenoxy) is 4. The third-order valence-electron chi connectivity index (χ3n) is 10.3. The van der Waals surface area contributed by atoms with Crippen LogP contribution in [0.4, 0.5) is 10.5 Å². The van der Waals surface area contributed by atoms with Crippen LogP contribution in [0, 0.1) is 23.2 Å². The minimum Gasteiger partial charge on any atom is -0.497 e. The third kappa shape index (κ3) is 6.53. The molecule has 14 heteroatoms. The van der Waals surface area contributed by atoms with Crippen LogP contribution in [0.1, 0.15) is 50.3 Å². The second-order valence-electron chi connectivity index (χ2n) is 13.4. The molecule has 0 aliphatic carbocycles. The molecular weight excluding hydrogens is 687 g/mol. The molecule has 276 valence electrons. The van der Waals surface area contributed by atoms with Crippen LogP contribution in [0.5, 0.6) is 17.2 Å². The number of methoxy groups -OCH3 is 2. The molecule has 3 aliphatic heterocycles. The number of anilines is 1. The number of amides is 2. The van der Waals surface area contributed by atoms with Crippen LogP contribution >= 0.6 is 0 Å². The van der Waals surface area contributed by atoms with Crippen molar-refractivity contribution in [3.8, 4) is 23.3 Å². The van der Waals surface area contributed by atoms with Crippen molar-refractivity contribution in [3.05, 3.63) is 77.4 Å². The molecule has 3 aliphatic rings. The SMILES string of the molecule is CCOc1ccccc1C1(OC(=O)N2CCN(N3CCC(C(C)C)CC3)CC2)C(=O)N(S(=O)(=O)c2ccc(OC)cc2OC)c2ccc(C#N)cc21. The Morgan fingerprint density at radius 3 is 2.23 bits per heavy atom. The van der Waals surface area contributed by atoms with Crippen molar-refractivity contribution >= 4 is 27.7 Å². The van der Waals surface area contributed by atoms with Crippen LogP contribution < -0.4 is 18.5 Å². The average molecular weight is 732 g/mol. The number of carbonyl (C=O) groups excluding carboxylic acids is 2. The van der Waals surface area contributed by atoms with Gasteiger partial charge in [-0.25, -0.2) is 23.2 Å². The summed E-state index contributed by atoms with van der Waals surface area (Å²) in [6.45, 7) is 10.2. The molecule has 0 N–H and O–H groups in total. The lowest BCUT2D eigenvalue weighted by atomic mass is 9.85. The molecule has 0 saturated carbocycles. The Bertz CT molecular complexity index is 1970. The smallest absolute Gasteiger partial charge is 0.411 e. The number of hydrogen-bond acceptors (Lipinski definition) is 11. The zero-order valence-corrected chi connectivity index (χ0v) is 31.0. The maximum Gasteiger partial charge on any atom is 0.411 e. The van der Waals surface area contributed by atoms with Gasteiger partial charge in [0.05, 0.1) is 43.7 Å². The maximum atomic E-state index is 15.2. The topological polar surface area (TPSA) is 142 Å². The summed E-state index contributed by atoms with van der Waals surface area (Å²) in [6.07, 6.45) is 1.44. The number of sulfonamides is 1. The van der Waals surface area contributed by atoms with Gasteiger partial charge in [-0.15, -0.1) is 0 Å². The molecule has 0 spiro atoms. The second-order valence-corrected chi connectivity index (χ2v) is 15.1. The van der Waals surface area contributed by atoms with Gasteiger partial charge in [-0.1, -0.05) is 32.0 Å². The lowest BCUT2D eigenvalue weighted by Crippen LogP contribution is -2.57. The van der Waals surface area contributed by atoms with Crippen LogP contribution in [0.3, 0.4) is 0 Å². The van der Waals surface area contributed by atoms with E-state index in [9.17, 15) is 18.5 Å². The highest BCUT2D eigenvalue weighted by atomic mass is 32.2. The Hall–Kier alpha value is -4.84. The number of nitrogens with zero attached hydrogens (tertiary/aromatic N) is 5. The highest BCUT2D eigenvalue weighted by Gasteiger charge is 2.61. The number of rotatable bonds is 10. The fourth-order valence-corrected chi connectivity index (χ4v) is 9.00. The van der Waals surface area contributed by atoms with E-state index in [1.54, 1.807) is 31.2 Å². The Morgan fingerprint density at radius 1 is 0.904 bits per heavy atom. The van der Waals surface area contributed by atoms with E-state index >= 15 is 4.79 Å². The number of hydrogen-bond donors (Lipinski definition) is 0. The first-order valence-electron chi connectivity index (χ1n) is 17.6. The largest absolute Gasteiger partial charge is 0.497 e. The highest BCUT2D eigenvalue weighted by Crippen LogP contribution is 2.52. The molecule has 0 bridgehead atoms. The maximum absolute atomic E-state index is 15.2. The number of benzene rings is 3. The van der Waals surface area contributed by atoms with Gasteiger partial charge in [0.25, 0.3) is 15.9 Å². The molecule has 13 nitrogen and oxygen atoms in total. The van der Waals surface area contributed by atoms with Crippen molar-refractivity contribution in [1.29, 1.82) is 5.26 Å². The van der Waals surface area contributed by atoms with Crippen LogP contribution in [-0.4, -0.2) is 95.4 Å². The minimum atomic E-state index is -4.72. The Labute approximate surface area is 305 Å².